The van der Waals surface area contributed by atoms with Gasteiger partial charge in [0.25, 0.3) is 0 Å². The summed E-state index contributed by atoms with van der Waals surface area (Å²) >= 11 is 1.73. The maximum Gasteiger partial charge on any atom is 0.191 e. The smallest absolute Gasteiger partial charge is 0.191 e. The van der Waals surface area contributed by atoms with Gasteiger partial charge in [-0.05, 0) is 32.1 Å². The second-order valence-electron chi connectivity index (χ2n) is 7.23. The highest BCUT2D eigenvalue weighted by Crippen LogP contribution is 2.27. The van der Waals surface area contributed by atoms with Crippen molar-refractivity contribution in [2.45, 2.75) is 32.7 Å². The number of halogens is 1. The number of guanidine groups is 1. The van der Waals surface area contributed by atoms with Gasteiger partial charge in [-0.3, -0.25) is 4.99 Å². The van der Waals surface area contributed by atoms with Gasteiger partial charge in [0.1, 0.15) is 5.01 Å². The predicted molar refractivity (Wildman–Crippen MR) is 135 cm³/mol. The van der Waals surface area contributed by atoms with Crippen LogP contribution in [0.25, 0.3) is 10.6 Å². The zero-order valence-corrected chi connectivity index (χ0v) is 21.0. The van der Waals surface area contributed by atoms with Crippen LogP contribution in [-0.2, 0) is 16.0 Å². The van der Waals surface area contributed by atoms with E-state index in [1.165, 1.54) is 4.88 Å². The summed E-state index contributed by atoms with van der Waals surface area (Å²) in [7, 11) is 1.80. The van der Waals surface area contributed by atoms with Crippen molar-refractivity contribution in [3.8, 4) is 10.6 Å². The van der Waals surface area contributed by atoms with E-state index in [2.05, 4.69) is 34.7 Å². The van der Waals surface area contributed by atoms with Crippen LogP contribution >= 0.6 is 35.3 Å². The summed E-state index contributed by atoms with van der Waals surface area (Å²) < 4.78 is 11.2. The normalized spacial score (nSPS) is 14.9. The summed E-state index contributed by atoms with van der Waals surface area (Å²) in [6, 6.07) is 10.3. The van der Waals surface area contributed by atoms with E-state index >= 15 is 0 Å². The minimum atomic E-state index is 0. The largest absolute Gasteiger partial charge is 0.381 e. The number of nitrogens with one attached hydrogen (secondary N) is 2. The van der Waals surface area contributed by atoms with Crippen molar-refractivity contribution in [2.24, 2.45) is 10.9 Å². The number of rotatable bonds is 9. The molecule has 1 fully saturated rings. The number of hydrogen-bond acceptors (Lipinski definition) is 5. The van der Waals surface area contributed by atoms with Crippen LogP contribution in [0.15, 0.2) is 35.3 Å². The molecule has 2 aromatic rings. The van der Waals surface area contributed by atoms with Crippen molar-refractivity contribution < 1.29 is 9.47 Å². The Labute approximate surface area is 200 Å². The molecule has 0 bridgehead atoms. The highest BCUT2D eigenvalue weighted by atomic mass is 127. The lowest BCUT2D eigenvalue weighted by atomic mass is 10.0. The van der Waals surface area contributed by atoms with Crippen LogP contribution in [0.1, 0.15) is 29.8 Å². The molecule has 0 aliphatic carbocycles. The second-order valence-corrected chi connectivity index (χ2v) is 8.31. The average Bonchev–Trinajstić information content (AvgIpc) is 3.14. The molecular weight excluding hydrogens is 511 g/mol. The van der Waals surface area contributed by atoms with Crippen molar-refractivity contribution in [3.05, 3.63) is 40.9 Å². The zero-order valence-electron chi connectivity index (χ0n) is 17.9. The number of aliphatic imine (C=N–C) groups is 1. The topological polar surface area (TPSA) is 67.8 Å². The highest BCUT2D eigenvalue weighted by Gasteiger charge is 2.13. The van der Waals surface area contributed by atoms with Crippen molar-refractivity contribution >= 4 is 41.3 Å². The Bertz CT molecular complexity index is 764. The van der Waals surface area contributed by atoms with Gasteiger partial charge in [0, 0.05) is 50.5 Å². The monoisotopic (exact) mass is 544 g/mol. The van der Waals surface area contributed by atoms with E-state index < -0.39 is 0 Å². The quantitative estimate of drug-likeness (QED) is 0.214. The molecule has 0 atom stereocenters. The molecule has 3 rings (SSSR count). The molecule has 0 radical (unpaired) electrons. The van der Waals surface area contributed by atoms with Crippen molar-refractivity contribution in [1.29, 1.82) is 0 Å². The Morgan fingerprint density at radius 3 is 2.73 bits per heavy atom. The Balaban J connectivity index is 0.00000320. The summed E-state index contributed by atoms with van der Waals surface area (Å²) in [5.41, 5.74) is 2.23. The molecule has 1 aliphatic rings. The van der Waals surface area contributed by atoms with Gasteiger partial charge in [-0.1, -0.05) is 30.3 Å². The third kappa shape index (κ3) is 8.13. The first-order valence-electron chi connectivity index (χ1n) is 10.4. The number of aromatic nitrogens is 1. The van der Waals surface area contributed by atoms with Gasteiger partial charge in [-0.2, -0.15) is 0 Å². The van der Waals surface area contributed by atoms with Gasteiger partial charge in [0.15, 0.2) is 5.96 Å². The van der Waals surface area contributed by atoms with E-state index in [9.17, 15) is 0 Å². The summed E-state index contributed by atoms with van der Waals surface area (Å²) in [4.78, 5) is 10.3. The maximum atomic E-state index is 5.82. The summed E-state index contributed by atoms with van der Waals surface area (Å²) in [6.45, 7) is 7.00. The average molecular weight is 545 g/mol. The van der Waals surface area contributed by atoms with Gasteiger partial charge in [-0.25, -0.2) is 4.98 Å². The Kier molecular flexibility index (Phi) is 11.6. The summed E-state index contributed by atoms with van der Waals surface area (Å²) in [6.07, 6.45) is 3.21. The van der Waals surface area contributed by atoms with Gasteiger partial charge in [-0.15, -0.1) is 35.3 Å². The van der Waals surface area contributed by atoms with Gasteiger partial charge in [0.2, 0.25) is 0 Å². The molecule has 0 saturated carbocycles. The van der Waals surface area contributed by atoms with Gasteiger partial charge in [0.05, 0.1) is 12.2 Å². The molecule has 0 unspecified atom stereocenters. The summed E-state index contributed by atoms with van der Waals surface area (Å²) in [5, 5.41) is 7.81. The van der Waals surface area contributed by atoms with E-state index in [-0.39, 0.29) is 24.0 Å². The highest BCUT2D eigenvalue weighted by molar-refractivity contribution is 14.0. The molecule has 1 saturated heterocycles. The van der Waals surface area contributed by atoms with E-state index in [0.29, 0.717) is 5.92 Å². The van der Waals surface area contributed by atoms with E-state index in [1.54, 1.807) is 18.4 Å². The molecule has 8 heteroatoms. The van der Waals surface area contributed by atoms with Crippen molar-refractivity contribution in [1.82, 2.24) is 15.6 Å². The molecule has 1 aliphatic heterocycles. The Hall–Kier alpha value is -1.23. The lowest BCUT2D eigenvalue weighted by Crippen LogP contribution is -2.37. The Morgan fingerprint density at radius 1 is 1.23 bits per heavy atom. The van der Waals surface area contributed by atoms with Crippen LogP contribution in [0.5, 0.6) is 0 Å². The fourth-order valence-corrected chi connectivity index (χ4v) is 4.23. The fraction of sp³-hybridized carbons (Fsp3) is 0.545. The molecule has 6 nitrogen and oxygen atoms in total. The third-order valence-electron chi connectivity index (χ3n) is 5.01. The molecule has 0 amide bonds. The minimum absolute atomic E-state index is 0. The first kappa shape index (κ1) is 25.0. The van der Waals surface area contributed by atoms with Crippen molar-refractivity contribution in [3.63, 3.8) is 0 Å². The first-order valence-corrected chi connectivity index (χ1v) is 11.2. The van der Waals surface area contributed by atoms with E-state index in [0.717, 1.165) is 81.0 Å². The number of aryl methyl sites for hydroxylation is 1. The lowest BCUT2D eigenvalue weighted by Gasteiger charge is -2.21. The van der Waals surface area contributed by atoms with Crippen LogP contribution in [0.3, 0.4) is 0 Å². The number of benzene rings is 1. The number of thiazole rings is 1. The predicted octanol–water partition coefficient (Wildman–Crippen LogP) is 4.23. The van der Waals surface area contributed by atoms with Crippen LogP contribution in [-0.4, -0.2) is 51.0 Å². The standard InChI is InChI=1S/C22H32N4O2S.HI/c1-17-20(29-21(26-17)19-7-4-3-5-8-19)15-25-22(23-2)24-11-6-12-28-16-18-9-13-27-14-10-18;/h3-5,7-8,18H,6,9-16H2,1-2H3,(H2,23,24,25);1H. The second kappa shape index (κ2) is 14.0. The molecule has 30 heavy (non-hydrogen) atoms. The molecule has 2 N–H and O–H groups in total. The molecule has 0 spiro atoms. The van der Waals surface area contributed by atoms with Crippen LogP contribution in [0.2, 0.25) is 0 Å². The van der Waals surface area contributed by atoms with Crippen LogP contribution in [0, 0.1) is 12.8 Å². The summed E-state index contributed by atoms with van der Waals surface area (Å²) in [5.74, 6) is 1.47. The molecular formula is C22H33IN4O2S. The molecule has 2 heterocycles. The number of ether oxygens (including phenoxy) is 2. The SMILES string of the molecule is CN=C(NCCCOCC1CCOCC1)NCc1sc(-c2ccccc2)nc1C.I. The minimum Gasteiger partial charge on any atom is -0.381 e. The maximum absolute atomic E-state index is 5.82. The third-order valence-corrected chi connectivity index (χ3v) is 6.21. The van der Waals surface area contributed by atoms with Gasteiger partial charge < -0.3 is 20.1 Å². The lowest BCUT2D eigenvalue weighted by molar-refractivity contribution is 0.0203. The molecule has 1 aromatic heterocycles. The zero-order chi connectivity index (χ0) is 20.3. The number of nitrogens with zero attached hydrogens (tertiary/aromatic N) is 2. The number of hydrogen-bond donors (Lipinski definition) is 2. The van der Waals surface area contributed by atoms with Crippen LogP contribution < -0.4 is 10.6 Å². The Morgan fingerprint density at radius 2 is 2.00 bits per heavy atom. The van der Waals surface area contributed by atoms with Crippen molar-refractivity contribution in [2.75, 3.05) is 40.0 Å². The molecule has 1 aromatic carbocycles. The van der Waals surface area contributed by atoms with E-state index in [1.807, 2.05) is 18.2 Å². The van der Waals surface area contributed by atoms with E-state index in [4.69, 9.17) is 14.5 Å². The molecule has 166 valence electrons. The fourth-order valence-electron chi connectivity index (χ4n) is 3.22. The van der Waals surface area contributed by atoms with Gasteiger partial charge >= 0.3 is 0 Å². The first-order chi connectivity index (χ1) is 14.3. The van der Waals surface area contributed by atoms with Crippen LogP contribution in [0.4, 0.5) is 0 Å².